The van der Waals surface area contributed by atoms with Crippen molar-refractivity contribution in [1.29, 1.82) is 0 Å². The van der Waals surface area contributed by atoms with Crippen molar-refractivity contribution in [3.05, 3.63) is 0 Å². The van der Waals surface area contributed by atoms with Crippen molar-refractivity contribution < 1.29 is 9.59 Å². The summed E-state index contributed by atoms with van der Waals surface area (Å²) in [6, 6.07) is 0. The van der Waals surface area contributed by atoms with Gasteiger partial charge < -0.3 is 9.69 Å². The first kappa shape index (κ1) is 7.25. The lowest BCUT2D eigenvalue weighted by atomic mass is 10.3. The third-order valence-corrected chi connectivity index (χ3v) is 1.65. The van der Waals surface area contributed by atoms with Crippen LogP contribution in [0.2, 0.25) is 0 Å². The SMILES string of the molecule is CN(CC=O)C(=O)C1CC1. The molecule has 1 saturated carbocycles. The fourth-order valence-electron chi connectivity index (χ4n) is 0.844. The number of amides is 1. The van der Waals surface area contributed by atoms with Gasteiger partial charge in [0, 0.05) is 13.0 Å². The molecule has 0 radical (unpaired) electrons. The monoisotopic (exact) mass is 141 g/mol. The van der Waals surface area contributed by atoms with E-state index in [1.54, 1.807) is 7.05 Å². The van der Waals surface area contributed by atoms with Crippen LogP contribution in [0.25, 0.3) is 0 Å². The fourth-order valence-corrected chi connectivity index (χ4v) is 0.844. The Hall–Kier alpha value is -0.860. The summed E-state index contributed by atoms with van der Waals surface area (Å²) < 4.78 is 0. The molecule has 3 nitrogen and oxygen atoms in total. The lowest BCUT2D eigenvalue weighted by Gasteiger charge is -2.11. The summed E-state index contributed by atoms with van der Waals surface area (Å²) in [5, 5.41) is 0. The zero-order chi connectivity index (χ0) is 7.56. The molecule has 1 aliphatic carbocycles. The summed E-state index contributed by atoms with van der Waals surface area (Å²) in [5.41, 5.74) is 0. The molecule has 1 fully saturated rings. The molecule has 0 unspecified atom stereocenters. The van der Waals surface area contributed by atoms with E-state index in [0.717, 1.165) is 19.1 Å². The van der Waals surface area contributed by atoms with Gasteiger partial charge in [-0.05, 0) is 12.8 Å². The van der Waals surface area contributed by atoms with Gasteiger partial charge in [0.05, 0.1) is 6.54 Å². The van der Waals surface area contributed by atoms with Gasteiger partial charge in [-0.1, -0.05) is 0 Å². The summed E-state index contributed by atoms with van der Waals surface area (Å²) in [4.78, 5) is 22.5. The highest BCUT2D eigenvalue weighted by Gasteiger charge is 2.31. The number of hydrogen-bond donors (Lipinski definition) is 0. The van der Waals surface area contributed by atoms with Crippen molar-refractivity contribution in [2.75, 3.05) is 13.6 Å². The van der Waals surface area contributed by atoms with Crippen molar-refractivity contribution in [2.24, 2.45) is 5.92 Å². The third-order valence-electron chi connectivity index (χ3n) is 1.65. The summed E-state index contributed by atoms with van der Waals surface area (Å²) in [6.07, 6.45) is 2.75. The second-order valence-corrected chi connectivity index (χ2v) is 2.66. The minimum Gasteiger partial charge on any atom is -0.338 e. The van der Waals surface area contributed by atoms with E-state index in [1.807, 2.05) is 0 Å². The van der Waals surface area contributed by atoms with Gasteiger partial charge in [0.25, 0.3) is 0 Å². The van der Waals surface area contributed by atoms with Crippen molar-refractivity contribution in [2.45, 2.75) is 12.8 Å². The van der Waals surface area contributed by atoms with Crippen LogP contribution in [-0.2, 0) is 9.59 Å². The summed E-state index contributed by atoms with van der Waals surface area (Å²) in [6.45, 7) is 0.231. The molecular formula is C7H11NO2. The van der Waals surface area contributed by atoms with Crippen LogP contribution in [0.4, 0.5) is 0 Å². The summed E-state index contributed by atoms with van der Waals surface area (Å²) >= 11 is 0. The van der Waals surface area contributed by atoms with E-state index in [0.29, 0.717) is 0 Å². The zero-order valence-corrected chi connectivity index (χ0v) is 6.04. The molecule has 1 amide bonds. The number of likely N-dealkylation sites (N-methyl/N-ethyl adjacent to an activating group) is 1. The lowest BCUT2D eigenvalue weighted by molar-refractivity contribution is -0.132. The van der Waals surface area contributed by atoms with Gasteiger partial charge in [-0.2, -0.15) is 0 Å². The van der Waals surface area contributed by atoms with Crippen LogP contribution in [0.5, 0.6) is 0 Å². The molecule has 0 N–H and O–H groups in total. The van der Waals surface area contributed by atoms with Crippen LogP contribution in [0, 0.1) is 5.92 Å². The van der Waals surface area contributed by atoms with Gasteiger partial charge >= 0.3 is 0 Å². The Bertz CT molecular complexity index is 152. The van der Waals surface area contributed by atoms with Crippen LogP contribution < -0.4 is 0 Å². The van der Waals surface area contributed by atoms with Crippen LogP contribution in [0.1, 0.15) is 12.8 Å². The zero-order valence-electron chi connectivity index (χ0n) is 6.04. The molecule has 0 aromatic carbocycles. The molecule has 0 atom stereocenters. The van der Waals surface area contributed by atoms with E-state index >= 15 is 0 Å². The molecule has 3 heteroatoms. The van der Waals surface area contributed by atoms with E-state index < -0.39 is 0 Å². The third kappa shape index (κ3) is 1.56. The number of nitrogens with zero attached hydrogens (tertiary/aromatic N) is 1. The topological polar surface area (TPSA) is 37.4 Å². The van der Waals surface area contributed by atoms with Crippen molar-refractivity contribution in [3.8, 4) is 0 Å². The number of carbonyl (C=O) groups excluding carboxylic acids is 2. The second kappa shape index (κ2) is 2.82. The minimum atomic E-state index is 0.118. The van der Waals surface area contributed by atoms with E-state index in [1.165, 1.54) is 4.90 Å². The Morgan fingerprint density at radius 1 is 1.70 bits per heavy atom. The standard InChI is InChI=1S/C7H11NO2/c1-8(4-5-9)7(10)6-2-3-6/h5-6H,2-4H2,1H3. The van der Waals surface area contributed by atoms with Gasteiger partial charge in [-0.25, -0.2) is 0 Å². The minimum absolute atomic E-state index is 0.118. The van der Waals surface area contributed by atoms with Crippen LogP contribution in [-0.4, -0.2) is 30.7 Å². The Balaban J connectivity index is 2.30. The predicted octanol–water partition coefficient (Wildman–Crippen LogP) is 0.0537. The first-order chi connectivity index (χ1) is 4.75. The van der Waals surface area contributed by atoms with E-state index in [9.17, 15) is 9.59 Å². The fraction of sp³-hybridized carbons (Fsp3) is 0.714. The predicted molar refractivity (Wildman–Crippen MR) is 36.4 cm³/mol. The molecule has 10 heavy (non-hydrogen) atoms. The van der Waals surface area contributed by atoms with E-state index in [-0.39, 0.29) is 18.4 Å². The molecule has 0 spiro atoms. The highest BCUT2D eigenvalue weighted by molar-refractivity contribution is 5.82. The van der Waals surface area contributed by atoms with Crippen molar-refractivity contribution >= 4 is 12.2 Å². The van der Waals surface area contributed by atoms with Crippen molar-refractivity contribution in [1.82, 2.24) is 4.90 Å². The second-order valence-electron chi connectivity index (χ2n) is 2.66. The maximum Gasteiger partial charge on any atom is 0.225 e. The van der Waals surface area contributed by atoms with Crippen LogP contribution in [0.3, 0.4) is 0 Å². The quantitative estimate of drug-likeness (QED) is 0.521. The molecule has 0 bridgehead atoms. The molecule has 0 aromatic rings. The normalized spacial score (nSPS) is 16.5. The van der Waals surface area contributed by atoms with Gasteiger partial charge in [0.1, 0.15) is 6.29 Å². The summed E-state index contributed by atoms with van der Waals surface area (Å²) in [7, 11) is 1.66. The molecule has 0 aromatic heterocycles. The lowest BCUT2D eigenvalue weighted by Crippen LogP contribution is -2.29. The summed E-state index contributed by atoms with van der Waals surface area (Å²) in [5.74, 6) is 0.344. The maximum absolute atomic E-state index is 11.1. The Morgan fingerprint density at radius 2 is 2.30 bits per heavy atom. The van der Waals surface area contributed by atoms with Crippen LogP contribution in [0.15, 0.2) is 0 Å². The number of hydrogen-bond acceptors (Lipinski definition) is 2. The maximum atomic E-state index is 11.1. The number of carbonyl (C=O) groups is 2. The van der Waals surface area contributed by atoms with Crippen LogP contribution >= 0.6 is 0 Å². The Morgan fingerprint density at radius 3 is 2.70 bits per heavy atom. The highest BCUT2D eigenvalue weighted by atomic mass is 16.2. The van der Waals surface area contributed by atoms with Gasteiger partial charge in [-0.3, -0.25) is 4.79 Å². The molecule has 0 saturated heterocycles. The Labute approximate surface area is 60.0 Å². The number of rotatable bonds is 3. The molecular weight excluding hydrogens is 130 g/mol. The average Bonchev–Trinajstić information content (AvgIpc) is 2.68. The average molecular weight is 141 g/mol. The smallest absolute Gasteiger partial charge is 0.225 e. The highest BCUT2D eigenvalue weighted by Crippen LogP contribution is 2.30. The molecule has 0 aliphatic heterocycles. The molecule has 1 rings (SSSR count). The van der Waals surface area contributed by atoms with E-state index in [4.69, 9.17) is 0 Å². The van der Waals surface area contributed by atoms with Gasteiger partial charge in [-0.15, -0.1) is 0 Å². The Kier molecular flexibility index (Phi) is 2.04. The first-order valence-corrected chi connectivity index (χ1v) is 3.44. The van der Waals surface area contributed by atoms with Gasteiger partial charge in [0.15, 0.2) is 0 Å². The van der Waals surface area contributed by atoms with Crippen molar-refractivity contribution in [3.63, 3.8) is 0 Å². The first-order valence-electron chi connectivity index (χ1n) is 3.44. The molecule has 56 valence electrons. The molecule has 0 heterocycles. The molecule has 1 aliphatic rings. The number of aldehydes is 1. The van der Waals surface area contributed by atoms with Gasteiger partial charge in [0.2, 0.25) is 5.91 Å². The van der Waals surface area contributed by atoms with E-state index in [2.05, 4.69) is 0 Å². The largest absolute Gasteiger partial charge is 0.338 e.